The van der Waals surface area contributed by atoms with E-state index in [0.29, 0.717) is 0 Å². The quantitative estimate of drug-likeness (QED) is 0.721. The lowest BCUT2D eigenvalue weighted by molar-refractivity contribution is 1.33. The van der Waals surface area contributed by atoms with Crippen molar-refractivity contribution in [3.05, 3.63) is 30.1 Å². The molecular formula is C8H7BrN2. The first-order valence-electron chi connectivity index (χ1n) is 3.39. The number of hydrogen-bond donors (Lipinski definition) is 1. The van der Waals surface area contributed by atoms with Crippen LogP contribution in [0.1, 0.15) is 5.56 Å². The van der Waals surface area contributed by atoms with Gasteiger partial charge in [0.05, 0.1) is 17.4 Å². The van der Waals surface area contributed by atoms with Crippen LogP contribution in [0.25, 0.3) is 11.0 Å². The average Bonchev–Trinajstić information content (AvgIpc) is 2.50. The van der Waals surface area contributed by atoms with Crippen LogP contribution in [0, 0.1) is 0 Å². The minimum atomic E-state index is 0.856. The summed E-state index contributed by atoms with van der Waals surface area (Å²) in [5.41, 5.74) is 3.38. The highest BCUT2D eigenvalue weighted by Crippen LogP contribution is 2.16. The molecule has 0 bridgehead atoms. The second kappa shape index (κ2) is 2.66. The van der Waals surface area contributed by atoms with Gasteiger partial charge in [-0.3, -0.25) is 0 Å². The molecule has 2 aromatic rings. The highest BCUT2D eigenvalue weighted by atomic mass is 79.9. The van der Waals surface area contributed by atoms with Crippen LogP contribution in [0.5, 0.6) is 0 Å². The Morgan fingerprint density at radius 1 is 1.45 bits per heavy atom. The summed E-state index contributed by atoms with van der Waals surface area (Å²) in [6.07, 6.45) is 1.72. The van der Waals surface area contributed by atoms with Crippen LogP contribution in [0.15, 0.2) is 24.5 Å². The molecule has 0 aliphatic carbocycles. The van der Waals surface area contributed by atoms with E-state index in [0.717, 1.165) is 16.4 Å². The second-order valence-electron chi connectivity index (χ2n) is 2.35. The molecule has 1 N–H and O–H groups in total. The van der Waals surface area contributed by atoms with Crippen molar-refractivity contribution in [2.75, 3.05) is 0 Å². The van der Waals surface area contributed by atoms with E-state index in [1.54, 1.807) is 6.33 Å². The molecule has 2 nitrogen and oxygen atoms in total. The summed E-state index contributed by atoms with van der Waals surface area (Å²) in [4.78, 5) is 7.27. The number of fused-ring (bicyclic) bond motifs is 1. The molecule has 1 heterocycles. The Bertz CT molecular complexity index is 367. The Morgan fingerprint density at radius 2 is 2.36 bits per heavy atom. The first-order valence-corrected chi connectivity index (χ1v) is 4.51. The molecule has 0 aliphatic heterocycles. The van der Waals surface area contributed by atoms with Gasteiger partial charge in [-0.25, -0.2) is 4.98 Å². The summed E-state index contributed by atoms with van der Waals surface area (Å²) < 4.78 is 0. The van der Waals surface area contributed by atoms with Crippen molar-refractivity contribution < 1.29 is 0 Å². The van der Waals surface area contributed by atoms with Gasteiger partial charge in [-0.05, 0) is 11.6 Å². The molecule has 0 saturated carbocycles. The maximum atomic E-state index is 4.20. The fraction of sp³-hybridized carbons (Fsp3) is 0.125. The third-order valence-electron chi connectivity index (χ3n) is 1.68. The van der Waals surface area contributed by atoms with Gasteiger partial charge < -0.3 is 4.98 Å². The number of benzene rings is 1. The van der Waals surface area contributed by atoms with E-state index < -0.39 is 0 Å². The van der Waals surface area contributed by atoms with Gasteiger partial charge >= 0.3 is 0 Å². The van der Waals surface area contributed by atoms with Crippen LogP contribution in [-0.2, 0) is 5.33 Å². The van der Waals surface area contributed by atoms with Gasteiger partial charge in [-0.15, -0.1) is 0 Å². The normalized spacial score (nSPS) is 10.6. The van der Waals surface area contributed by atoms with Crippen molar-refractivity contribution in [2.24, 2.45) is 0 Å². The number of aromatic amines is 1. The molecule has 2 rings (SSSR count). The molecule has 56 valence electrons. The standard InChI is InChI=1S/C8H7BrN2/c9-4-6-2-1-3-7-8(6)11-5-10-7/h1-3,5H,4H2,(H,10,11). The molecule has 0 amide bonds. The van der Waals surface area contributed by atoms with E-state index in [4.69, 9.17) is 0 Å². The predicted molar refractivity (Wildman–Crippen MR) is 48.7 cm³/mol. The number of rotatable bonds is 1. The van der Waals surface area contributed by atoms with Crippen molar-refractivity contribution >= 4 is 27.0 Å². The van der Waals surface area contributed by atoms with Crippen LogP contribution >= 0.6 is 15.9 Å². The van der Waals surface area contributed by atoms with Gasteiger partial charge in [0.2, 0.25) is 0 Å². The molecule has 0 atom stereocenters. The summed E-state index contributed by atoms with van der Waals surface area (Å²) in [5, 5.41) is 0.856. The minimum absolute atomic E-state index is 0.856. The summed E-state index contributed by atoms with van der Waals surface area (Å²) >= 11 is 3.41. The zero-order valence-corrected chi connectivity index (χ0v) is 7.43. The SMILES string of the molecule is BrCc1cccc2[nH]cnc12. The van der Waals surface area contributed by atoms with Gasteiger partial charge in [0.1, 0.15) is 0 Å². The van der Waals surface area contributed by atoms with E-state index in [1.165, 1.54) is 5.56 Å². The molecule has 0 aliphatic rings. The highest BCUT2D eigenvalue weighted by molar-refractivity contribution is 9.08. The predicted octanol–water partition coefficient (Wildman–Crippen LogP) is 2.46. The fourth-order valence-electron chi connectivity index (χ4n) is 1.13. The van der Waals surface area contributed by atoms with Crippen LogP contribution in [0.3, 0.4) is 0 Å². The van der Waals surface area contributed by atoms with Crippen LogP contribution < -0.4 is 0 Å². The van der Waals surface area contributed by atoms with Crippen LogP contribution in [0.2, 0.25) is 0 Å². The van der Waals surface area contributed by atoms with Crippen molar-refractivity contribution in [3.8, 4) is 0 Å². The minimum Gasteiger partial charge on any atom is -0.345 e. The van der Waals surface area contributed by atoms with Crippen molar-refractivity contribution in [3.63, 3.8) is 0 Å². The van der Waals surface area contributed by atoms with E-state index in [2.05, 4.69) is 32.0 Å². The Kier molecular flexibility index (Phi) is 1.66. The lowest BCUT2D eigenvalue weighted by Crippen LogP contribution is -1.78. The molecule has 1 aromatic carbocycles. The third kappa shape index (κ3) is 1.05. The number of nitrogens with zero attached hydrogens (tertiary/aromatic N) is 1. The monoisotopic (exact) mass is 210 g/mol. The number of hydrogen-bond acceptors (Lipinski definition) is 1. The Balaban J connectivity index is 2.79. The number of halogens is 1. The number of aromatic nitrogens is 2. The van der Waals surface area contributed by atoms with Gasteiger partial charge in [0, 0.05) is 5.33 Å². The first-order chi connectivity index (χ1) is 5.42. The van der Waals surface area contributed by atoms with Crippen LogP contribution in [-0.4, -0.2) is 9.97 Å². The first kappa shape index (κ1) is 6.85. The number of imidazole rings is 1. The number of alkyl halides is 1. The zero-order chi connectivity index (χ0) is 7.68. The molecule has 3 heteroatoms. The molecular weight excluding hydrogens is 204 g/mol. The van der Waals surface area contributed by atoms with Crippen molar-refractivity contribution in [1.29, 1.82) is 0 Å². The summed E-state index contributed by atoms with van der Waals surface area (Å²) in [6.45, 7) is 0. The largest absolute Gasteiger partial charge is 0.345 e. The molecule has 1 aromatic heterocycles. The molecule has 0 radical (unpaired) electrons. The van der Waals surface area contributed by atoms with Gasteiger partial charge in [-0.1, -0.05) is 28.1 Å². The smallest absolute Gasteiger partial charge is 0.0932 e. The highest BCUT2D eigenvalue weighted by Gasteiger charge is 1.99. The summed E-state index contributed by atoms with van der Waals surface area (Å²) in [6, 6.07) is 6.11. The van der Waals surface area contributed by atoms with Gasteiger partial charge in [-0.2, -0.15) is 0 Å². The molecule has 0 unspecified atom stereocenters. The molecule has 0 fully saturated rings. The number of H-pyrrole nitrogens is 1. The maximum absolute atomic E-state index is 4.20. The maximum Gasteiger partial charge on any atom is 0.0932 e. The summed E-state index contributed by atoms with van der Waals surface area (Å²) in [5.74, 6) is 0. The lowest BCUT2D eigenvalue weighted by Gasteiger charge is -1.94. The van der Waals surface area contributed by atoms with E-state index in [-0.39, 0.29) is 0 Å². The topological polar surface area (TPSA) is 28.7 Å². The molecule has 0 saturated heterocycles. The second-order valence-corrected chi connectivity index (χ2v) is 2.91. The van der Waals surface area contributed by atoms with E-state index >= 15 is 0 Å². The van der Waals surface area contributed by atoms with E-state index in [1.807, 2.05) is 12.1 Å². The van der Waals surface area contributed by atoms with Gasteiger partial charge in [0.25, 0.3) is 0 Å². The number of nitrogens with one attached hydrogen (secondary N) is 1. The van der Waals surface area contributed by atoms with Gasteiger partial charge in [0.15, 0.2) is 0 Å². The fourth-order valence-corrected chi connectivity index (χ4v) is 1.59. The zero-order valence-electron chi connectivity index (χ0n) is 5.84. The lowest BCUT2D eigenvalue weighted by atomic mass is 10.2. The van der Waals surface area contributed by atoms with Crippen molar-refractivity contribution in [1.82, 2.24) is 9.97 Å². The Hall–Kier alpha value is -0.830. The third-order valence-corrected chi connectivity index (χ3v) is 2.28. The molecule has 11 heavy (non-hydrogen) atoms. The molecule has 0 spiro atoms. The Morgan fingerprint density at radius 3 is 3.18 bits per heavy atom. The Labute approximate surface area is 72.8 Å². The van der Waals surface area contributed by atoms with E-state index in [9.17, 15) is 0 Å². The average molecular weight is 211 g/mol. The van der Waals surface area contributed by atoms with Crippen molar-refractivity contribution in [2.45, 2.75) is 5.33 Å². The van der Waals surface area contributed by atoms with Crippen LogP contribution in [0.4, 0.5) is 0 Å². The number of para-hydroxylation sites is 1. The summed E-state index contributed by atoms with van der Waals surface area (Å²) in [7, 11) is 0.